The minimum absolute atomic E-state index is 0.0338. The summed E-state index contributed by atoms with van der Waals surface area (Å²) in [6, 6.07) is 7.69. The van der Waals surface area contributed by atoms with Crippen molar-refractivity contribution in [2.45, 2.75) is 18.7 Å². The van der Waals surface area contributed by atoms with E-state index in [0.29, 0.717) is 21.7 Å². The average Bonchev–Trinajstić information content (AvgIpc) is 3.04. The number of nitrogens with zero attached hydrogens (tertiary/aromatic N) is 1. The summed E-state index contributed by atoms with van der Waals surface area (Å²) in [5.74, 6) is -2.47. The van der Waals surface area contributed by atoms with Crippen molar-refractivity contribution >= 4 is 32.4 Å². The number of hydrogen-bond acceptors (Lipinski definition) is 5. The summed E-state index contributed by atoms with van der Waals surface area (Å²) in [7, 11) is -2.41. The molecule has 2 N–H and O–H groups in total. The fourth-order valence-electron chi connectivity index (χ4n) is 2.66. The Labute approximate surface area is 170 Å². The number of anilines is 1. The molecule has 0 aliphatic carbocycles. The van der Waals surface area contributed by atoms with E-state index in [2.05, 4.69) is 15.0 Å². The first kappa shape index (κ1) is 21.0. The maximum Gasteiger partial charge on any atom is 0.257 e. The number of thiazole rings is 1. The van der Waals surface area contributed by atoms with E-state index in [1.807, 2.05) is 0 Å². The number of hydrogen-bond donors (Lipinski definition) is 2. The van der Waals surface area contributed by atoms with Gasteiger partial charge in [0.1, 0.15) is 0 Å². The van der Waals surface area contributed by atoms with Crippen molar-refractivity contribution in [3.05, 3.63) is 64.0 Å². The first-order valence-electron chi connectivity index (χ1n) is 8.41. The number of aryl methyl sites for hydroxylation is 2. The van der Waals surface area contributed by atoms with Gasteiger partial charge in [-0.15, -0.1) is 11.3 Å². The van der Waals surface area contributed by atoms with Gasteiger partial charge in [0.15, 0.2) is 16.8 Å². The van der Waals surface area contributed by atoms with Crippen LogP contribution in [0.1, 0.15) is 20.8 Å². The number of carbonyl (C=O) groups excluding carboxylic acids is 1. The molecule has 29 heavy (non-hydrogen) atoms. The summed E-state index contributed by atoms with van der Waals surface area (Å²) in [6.45, 7) is 3.43. The zero-order chi connectivity index (χ0) is 21.3. The third kappa shape index (κ3) is 4.34. The van der Waals surface area contributed by atoms with E-state index in [1.165, 1.54) is 36.6 Å². The van der Waals surface area contributed by atoms with E-state index in [-0.39, 0.29) is 15.6 Å². The molecule has 6 nitrogen and oxygen atoms in total. The Hall–Kier alpha value is -2.69. The highest BCUT2D eigenvalue weighted by molar-refractivity contribution is 7.89. The molecule has 0 bridgehead atoms. The van der Waals surface area contributed by atoms with Crippen LogP contribution in [-0.4, -0.2) is 26.4 Å². The van der Waals surface area contributed by atoms with Crippen molar-refractivity contribution in [1.82, 2.24) is 9.71 Å². The Morgan fingerprint density at radius 2 is 1.79 bits per heavy atom. The molecule has 152 valence electrons. The van der Waals surface area contributed by atoms with Gasteiger partial charge in [-0.25, -0.2) is 26.9 Å². The van der Waals surface area contributed by atoms with Gasteiger partial charge in [-0.05, 0) is 56.8 Å². The van der Waals surface area contributed by atoms with Crippen molar-refractivity contribution in [2.24, 2.45) is 0 Å². The van der Waals surface area contributed by atoms with Crippen LogP contribution >= 0.6 is 11.3 Å². The predicted molar refractivity (Wildman–Crippen MR) is 108 cm³/mol. The number of rotatable bonds is 5. The molecule has 0 spiro atoms. The molecule has 0 saturated heterocycles. The van der Waals surface area contributed by atoms with E-state index < -0.39 is 27.6 Å². The summed E-state index contributed by atoms with van der Waals surface area (Å²) < 4.78 is 52.9. The molecule has 1 aromatic heterocycles. The molecule has 0 radical (unpaired) electrons. The van der Waals surface area contributed by atoms with Crippen molar-refractivity contribution < 1.29 is 22.0 Å². The number of sulfonamides is 1. The predicted octanol–water partition coefficient (Wildman–Crippen LogP) is 3.87. The maximum absolute atomic E-state index is 13.5. The average molecular weight is 437 g/mol. The Bertz CT molecular complexity index is 1210. The first-order valence-corrected chi connectivity index (χ1v) is 10.7. The molecule has 0 fully saturated rings. The third-order valence-electron chi connectivity index (χ3n) is 4.24. The molecule has 0 atom stereocenters. The van der Waals surface area contributed by atoms with Crippen LogP contribution in [0.3, 0.4) is 0 Å². The van der Waals surface area contributed by atoms with Crippen molar-refractivity contribution in [1.29, 1.82) is 0 Å². The summed E-state index contributed by atoms with van der Waals surface area (Å²) in [4.78, 5) is 17.7. The zero-order valence-corrected chi connectivity index (χ0v) is 17.3. The van der Waals surface area contributed by atoms with Crippen molar-refractivity contribution in [3.8, 4) is 11.3 Å². The summed E-state index contributed by atoms with van der Waals surface area (Å²) >= 11 is 1.17. The van der Waals surface area contributed by atoms with E-state index in [9.17, 15) is 22.0 Å². The van der Waals surface area contributed by atoms with Crippen LogP contribution in [0.4, 0.5) is 13.9 Å². The van der Waals surface area contributed by atoms with E-state index >= 15 is 0 Å². The molecule has 0 aliphatic heterocycles. The van der Waals surface area contributed by atoms with Gasteiger partial charge in [-0.2, -0.15) is 0 Å². The van der Waals surface area contributed by atoms with Gasteiger partial charge in [-0.1, -0.05) is 6.07 Å². The molecular formula is C19H17F2N3O3S2. The Morgan fingerprint density at radius 3 is 2.45 bits per heavy atom. The fraction of sp³-hybridized carbons (Fsp3) is 0.158. The van der Waals surface area contributed by atoms with Gasteiger partial charge in [0.25, 0.3) is 5.91 Å². The van der Waals surface area contributed by atoms with Crippen LogP contribution in [0.5, 0.6) is 0 Å². The number of aromatic nitrogens is 1. The molecule has 0 unspecified atom stereocenters. The highest BCUT2D eigenvalue weighted by Crippen LogP contribution is 2.31. The smallest absolute Gasteiger partial charge is 0.257 e. The topological polar surface area (TPSA) is 88.2 Å². The van der Waals surface area contributed by atoms with Crippen LogP contribution in [0.2, 0.25) is 0 Å². The maximum atomic E-state index is 13.5. The summed E-state index contributed by atoms with van der Waals surface area (Å²) in [5, 5.41) is 2.90. The summed E-state index contributed by atoms with van der Waals surface area (Å²) in [6.07, 6.45) is 0. The molecule has 3 rings (SSSR count). The quantitative estimate of drug-likeness (QED) is 0.634. The van der Waals surface area contributed by atoms with Crippen LogP contribution in [0.25, 0.3) is 11.3 Å². The number of halogens is 2. The lowest BCUT2D eigenvalue weighted by molar-refractivity contribution is 0.102. The molecule has 0 saturated carbocycles. The second kappa shape index (κ2) is 7.97. The highest BCUT2D eigenvalue weighted by Gasteiger charge is 2.19. The van der Waals surface area contributed by atoms with Gasteiger partial charge in [0, 0.05) is 16.0 Å². The fourth-order valence-corrected chi connectivity index (χ4v) is 4.24. The minimum atomic E-state index is -3.70. The number of nitrogens with one attached hydrogen (secondary N) is 2. The number of benzene rings is 2. The van der Waals surface area contributed by atoms with Crippen molar-refractivity contribution in [3.63, 3.8) is 0 Å². The normalized spacial score (nSPS) is 11.5. The van der Waals surface area contributed by atoms with Gasteiger partial charge in [0.05, 0.1) is 10.6 Å². The molecular weight excluding hydrogens is 420 g/mol. The van der Waals surface area contributed by atoms with Gasteiger partial charge >= 0.3 is 0 Å². The highest BCUT2D eigenvalue weighted by atomic mass is 32.2. The second-order valence-electron chi connectivity index (χ2n) is 6.19. The van der Waals surface area contributed by atoms with Gasteiger partial charge in [0.2, 0.25) is 10.0 Å². The van der Waals surface area contributed by atoms with E-state index in [1.54, 1.807) is 19.9 Å². The second-order valence-corrected chi connectivity index (χ2v) is 9.28. The first-order chi connectivity index (χ1) is 13.6. The minimum Gasteiger partial charge on any atom is -0.298 e. The molecule has 0 aliphatic rings. The van der Waals surface area contributed by atoms with E-state index in [4.69, 9.17) is 0 Å². The van der Waals surface area contributed by atoms with Crippen LogP contribution in [0.15, 0.2) is 41.3 Å². The van der Waals surface area contributed by atoms with Crippen LogP contribution in [-0.2, 0) is 10.0 Å². The zero-order valence-electron chi connectivity index (χ0n) is 15.7. The lowest BCUT2D eigenvalue weighted by Crippen LogP contribution is -2.20. The lowest BCUT2D eigenvalue weighted by atomic mass is 10.1. The van der Waals surface area contributed by atoms with Crippen LogP contribution in [0, 0.1) is 25.5 Å². The SMILES string of the molecule is CNS(=O)(=O)c1ccc(C)c(C(=O)Nc2nc(-c3ccc(F)c(F)c3)c(C)s2)c1. The monoisotopic (exact) mass is 437 g/mol. The molecule has 10 heteroatoms. The molecule has 1 amide bonds. The van der Waals surface area contributed by atoms with E-state index in [0.717, 1.165) is 12.1 Å². The molecule has 2 aromatic carbocycles. The molecule has 3 aromatic rings. The van der Waals surface area contributed by atoms with Gasteiger partial charge < -0.3 is 0 Å². The van der Waals surface area contributed by atoms with Crippen LogP contribution < -0.4 is 10.0 Å². The Kier molecular flexibility index (Phi) is 5.78. The number of amides is 1. The number of carbonyl (C=O) groups is 1. The largest absolute Gasteiger partial charge is 0.298 e. The summed E-state index contributed by atoms with van der Waals surface area (Å²) in [5.41, 5.74) is 1.58. The Balaban J connectivity index is 1.90. The van der Waals surface area contributed by atoms with Gasteiger partial charge in [-0.3, -0.25) is 10.1 Å². The molecule has 1 heterocycles. The van der Waals surface area contributed by atoms with Crippen molar-refractivity contribution in [2.75, 3.05) is 12.4 Å². The lowest BCUT2D eigenvalue weighted by Gasteiger charge is -2.08. The third-order valence-corrected chi connectivity index (χ3v) is 6.54. The standard InChI is InChI=1S/C19H17F2N3O3S2/c1-10-4-6-13(29(26,27)22-3)9-14(10)18(25)24-19-23-17(11(2)28-19)12-5-7-15(20)16(21)8-12/h4-9,22H,1-3H3,(H,23,24,25). The Morgan fingerprint density at radius 1 is 1.07 bits per heavy atom.